The molecule has 0 saturated carbocycles. The van der Waals surface area contributed by atoms with Crippen LogP contribution in [0, 0.1) is 0 Å². The first-order chi connectivity index (χ1) is 12.1. The lowest BCUT2D eigenvalue weighted by Crippen LogP contribution is -2.22. The fourth-order valence-corrected chi connectivity index (χ4v) is 3.43. The summed E-state index contributed by atoms with van der Waals surface area (Å²) in [7, 11) is -1.75. The van der Waals surface area contributed by atoms with Gasteiger partial charge in [-0.2, -0.15) is 0 Å². The van der Waals surface area contributed by atoms with E-state index in [1.807, 2.05) is 6.07 Å². The molecular weight excluding hydrogens is 311 g/mol. The zero-order valence-corrected chi connectivity index (χ0v) is 16.5. The van der Waals surface area contributed by atoms with Gasteiger partial charge < -0.3 is 14.7 Å². The third-order valence-corrected chi connectivity index (χ3v) is 4.83. The fourth-order valence-electron chi connectivity index (χ4n) is 3.43. The molecule has 1 aromatic rings. The van der Waals surface area contributed by atoms with Crippen LogP contribution in [0.1, 0.15) is 95.2 Å². The third kappa shape index (κ3) is 8.28. The van der Waals surface area contributed by atoms with E-state index in [0.717, 1.165) is 25.7 Å². The van der Waals surface area contributed by atoms with Crippen molar-refractivity contribution in [1.29, 1.82) is 0 Å². The summed E-state index contributed by atoms with van der Waals surface area (Å²) in [5.41, 5.74) is 4.03. The Bertz CT molecular complexity index is 474. The highest BCUT2D eigenvalue weighted by Gasteiger charge is 2.18. The molecule has 0 aliphatic heterocycles. The molecule has 142 valence electrons. The SMILES string of the molecule is CCCCCc1ccc(OB(O)O)c(CCCCC)c1CCCCC. The maximum absolute atomic E-state index is 9.28. The number of rotatable bonds is 14. The van der Waals surface area contributed by atoms with E-state index in [2.05, 4.69) is 26.8 Å². The second-order valence-corrected chi connectivity index (χ2v) is 7.00. The van der Waals surface area contributed by atoms with E-state index in [-0.39, 0.29) is 0 Å². The van der Waals surface area contributed by atoms with Crippen molar-refractivity contribution in [1.82, 2.24) is 0 Å². The summed E-state index contributed by atoms with van der Waals surface area (Å²) in [6, 6.07) is 4.07. The Morgan fingerprint density at radius 1 is 0.720 bits per heavy atom. The van der Waals surface area contributed by atoms with Gasteiger partial charge in [-0.25, -0.2) is 0 Å². The molecule has 4 heteroatoms. The van der Waals surface area contributed by atoms with Crippen molar-refractivity contribution in [2.45, 2.75) is 97.8 Å². The van der Waals surface area contributed by atoms with Crippen LogP contribution >= 0.6 is 0 Å². The van der Waals surface area contributed by atoms with Crippen LogP contribution in [0.2, 0.25) is 0 Å². The Morgan fingerprint density at radius 2 is 1.24 bits per heavy atom. The second kappa shape index (κ2) is 13.2. The smallest absolute Gasteiger partial charge is 0.512 e. The van der Waals surface area contributed by atoms with Gasteiger partial charge in [0.1, 0.15) is 5.75 Å². The largest absolute Gasteiger partial charge is 0.707 e. The molecule has 25 heavy (non-hydrogen) atoms. The third-order valence-electron chi connectivity index (χ3n) is 4.83. The predicted molar refractivity (Wildman–Crippen MR) is 107 cm³/mol. The maximum atomic E-state index is 9.28. The average molecular weight is 348 g/mol. The molecule has 0 radical (unpaired) electrons. The van der Waals surface area contributed by atoms with Crippen LogP contribution in [0.25, 0.3) is 0 Å². The van der Waals surface area contributed by atoms with Gasteiger partial charge >= 0.3 is 7.32 Å². The van der Waals surface area contributed by atoms with E-state index in [0.29, 0.717) is 5.75 Å². The molecule has 0 bridgehead atoms. The van der Waals surface area contributed by atoms with Gasteiger partial charge in [-0.3, -0.25) is 0 Å². The van der Waals surface area contributed by atoms with Gasteiger partial charge in [0.2, 0.25) is 0 Å². The van der Waals surface area contributed by atoms with Crippen molar-refractivity contribution in [3.8, 4) is 5.75 Å². The van der Waals surface area contributed by atoms with Crippen molar-refractivity contribution in [3.05, 3.63) is 28.8 Å². The van der Waals surface area contributed by atoms with Crippen molar-refractivity contribution < 1.29 is 14.7 Å². The Hall–Kier alpha value is -0.995. The van der Waals surface area contributed by atoms with Gasteiger partial charge in [0.05, 0.1) is 0 Å². The number of hydrogen-bond acceptors (Lipinski definition) is 3. The van der Waals surface area contributed by atoms with E-state index in [1.165, 1.54) is 68.1 Å². The first-order valence-corrected chi connectivity index (χ1v) is 10.3. The van der Waals surface area contributed by atoms with Gasteiger partial charge in [-0.1, -0.05) is 65.4 Å². The Balaban J connectivity index is 3.10. The minimum Gasteiger partial charge on any atom is -0.512 e. The van der Waals surface area contributed by atoms with Crippen molar-refractivity contribution >= 4 is 7.32 Å². The molecule has 0 fully saturated rings. The Kier molecular flexibility index (Phi) is 11.7. The molecule has 1 aromatic carbocycles. The summed E-state index contributed by atoms with van der Waals surface area (Å²) < 4.78 is 5.31. The minimum atomic E-state index is -1.75. The molecule has 0 aliphatic rings. The highest BCUT2D eigenvalue weighted by Crippen LogP contribution is 2.30. The average Bonchev–Trinajstić information content (AvgIpc) is 2.58. The van der Waals surface area contributed by atoms with Crippen molar-refractivity contribution in [3.63, 3.8) is 0 Å². The normalized spacial score (nSPS) is 10.9. The topological polar surface area (TPSA) is 49.7 Å². The van der Waals surface area contributed by atoms with Gasteiger partial charge in [-0.15, -0.1) is 0 Å². The van der Waals surface area contributed by atoms with Gasteiger partial charge in [-0.05, 0) is 61.3 Å². The number of unbranched alkanes of at least 4 members (excludes halogenated alkanes) is 6. The molecule has 0 aliphatic carbocycles. The van der Waals surface area contributed by atoms with Crippen LogP contribution in [0.3, 0.4) is 0 Å². The molecule has 0 unspecified atom stereocenters. The summed E-state index contributed by atoms with van der Waals surface area (Å²) in [6.45, 7) is 6.67. The van der Waals surface area contributed by atoms with Gasteiger partial charge in [0.25, 0.3) is 0 Å². The Labute approximate surface area is 155 Å². The summed E-state index contributed by atoms with van der Waals surface area (Å²) in [4.78, 5) is 0. The molecule has 2 N–H and O–H groups in total. The lowest BCUT2D eigenvalue weighted by Gasteiger charge is -2.20. The molecule has 0 atom stereocenters. The van der Waals surface area contributed by atoms with Crippen LogP contribution < -0.4 is 4.65 Å². The van der Waals surface area contributed by atoms with Crippen LogP contribution in [0.15, 0.2) is 12.1 Å². The summed E-state index contributed by atoms with van der Waals surface area (Å²) >= 11 is 0. The zero-order chi connectivity index (χ0) is 18.5. The van der Waals surface area contributed by atoms with Crippen LogP contribution in [-0.4, -0.2) is 17.4 Å². The first kappa shape index (κ1) is 22.0. The zero-order valence-electron chi connectivity index (χ0n) is 16.5. The number of hydrogen-bond donors (Lipinski definition) is 2. The fraction of sp³-hybridized carbons (Fsp3) is 0.714. The molecule has 3 nitrogen and oxygen atoms in total. The van der Waals surface area contributed by atoms with Crippen molar-refractivity contribution in [2.75, 3.05) is 0 Å². The highest BCUT2D eigenvalue weighted by atomic mass is 16.6. The number of aryl methyl sites for hydroxylation is 1. The van der Waals surface area contributed by atoms with Crippen LogP contribution in [0.5, 0.6) is 5.75 Å². The molecule has 0 saturated heterocycles. The lowest BCUT2D eigenvalue weighted by atomic mass is 9.89. The maximum Gasteiger partial charge on any atom is 0.707 e. The molecule has 0 aromatic heterocycles. The van der Waals surface area contributed by atoms with Crippen LogP contribution in [-0.2, 0) is 19.3 Å². The van der Waals surface area contributed by atoms with Crippen LogP contribution in [0.4, 0.5) is 0 Å². The van der Waals surface area contributed by atoms with Crippen molar-refractivity contribution in [2.24, 2.45) is 0 Å². The standard InChI is InChI=1S/C21H37BO3/c1-4-7-10-13-18-16-17-21(25-22(23)24)20(15-12-9-6-3)19(18)14-11-8-5-2/h16-17,23-24H,4-15H2,1-3H3. The predicted octanol–water partition coefficient (Wildman–Crippen LogP) is 5.23. The molecule has 0 heterocycles. The number of benzene rings is 1. The van der Waals surface area contributed by atoms with E-state index in [1.54, 1.807) is 0 Å². The van der Waals surface area contributed by atoms with E-state index >= 15 is 0 Å². The lowest BCUT2D eigenvalue weighted by molar-refractivity contribution is 0.286. The van der Waals surface area contributed by atoms with E-state index < -0.39 is 7.32 Å². The summed E-state index contributed by atoms with van der Waals surface area (Å²) in [6.07, 6.45) is 13.9. The highest BCUT2D eigenvalue weighted by molar-refractivity contribution is 6.33. The van der Waals surface area contributed by atoms with Gasteiger partial charge in [0.15, 0.2) is 0 Å². The second-order valence-electron chi connectivity index (χ2n) is 7.00. The Morgan fingerprint density at radius 3 is 1.76 bits per heavy atom. The summed E-state index contributed by atoms with van der Waals surface area (Å²) in [5.74, 6) is 0.650. The van der Waals surface area contributed by atoms with E-state index in [4.69, 9.17) is 4.65 Å². The quantitative estimate of drug-likeness (QED) is 0.357. The van der Waals surface area contributed by atoms with E-state index in [9.17, 15) is 10.0 Å². The first-order valence-electron chi connectivity index (χ1n) is 10.3. The molecule has 0 amide bonds. The molecule has 1 rings (SSSR count). The molecular formula is C21H37BO3. The monoisotopic (exact) mass is 348 g/mol. The summed E-state index contributed by atoms with van der Waals surface area (Å²) in [5, 5.41) is 18.6. The minimum absolute atomic E-state index is 0.650. The molecule has 0 spiro atoms. The van der Waals surface area contributed by atoms with Gasteiger partial charge in [0, 0.05) is 0 Å².